The van der Waals surface area contributed by atoms with E-state index < -0.39 is 0 Å². The topological polar surface area (TPSA) is 48.6 Å². The van der Waals surface area contributed by atoms with Crippen molar-refractivity contribution in [2.24, 2.45) is 0 Å². The second kappa shape index (κ2) is 6.91. The van der Waals surface area contributed by atoms with Crippen molar-refractivity contribution in [2.75, 3.05) is 50.7 Å². The zero-order valence-electron chi connectivity index (χ0n) is 14.3. The summed E-state index contributed by atoms with van der Waals surface area (Å²) in [4.78, 5) is 7.31. The lowest BCUT2D eigenvalue weighted by Gasteiger charge is -2.47. The lowest BCUT2D eigenvalue weighted by molar-refractivity contribution is 0.0844. The first-order chi connectivity index (χ1) is 11.8. The number of anilines is 1. The lowest BCUT2D eigenvalue weighted by Crippen LogP contribution is -2.63. The van der Waals surface area contributed by atoms with E-state index in [2.05, 4.69) is 44.0 Å². The van der Waals surface area contributed by atoms with Crippen LogP contribution in [-0.2, 0) is 6.42 Å². The van der Waals surface area contributed by atoms with Crippen LogP contribution >= 0.6 is 0 Å². The first-order valence-electron chi connectivity index (χ1n) is 8.89. The van der Waals surface area contributed by atoms with Gasteiger partial charge < -0.3 is 14.2 Å². The van der Waals surface area contributed by atoms with Gasteiger partial charge in [-0.2, -0.15) is 0 Å². The van der Waals surface area contributed by atoms with Crippen molar-refractivity contribution in [3.63, 3.8) is 0 Å². The van der Waals surface area contributed by atoms with Crippen LogP contribution in [0, 0.1) is 0 Å². The molecule has 0 N–H and O–H groups in total. The first-order valence-corrected chi connectivity index (χ1v) is 8.89. The van der Waals surface area contributed by atoms with Gasteiger partial charge in [0, 0.05) is 45.3 Å². The Hall–Kier alpha value is -1.92. The van der Waals surface area contributed by atoms with Gasteiger partial charge in [-0.3, -0.25) is 4.90 Å². The van der Waals surface area contributed by atoms with Gasteiger partial charge in [-0.05, 0) is 12.1 Å². The van der Waals surface area contributed by atoms with Crippen LogP contribution in [0.1, 0.15) is 18.4 Å². The van der Waals surface area contributed by atoms with Crippen LogP contribution in [0.4, 0.5) is 6.01 Å². The molecule has 6 heteroatoms. The third-order valence-electron chi connectivity index (χ3n) is 5.16. The Bertz CT molecular complexity index is 644. The van der Waals surface area contributed by atoms with Crippen LogP contribution in [-0.4, -0.2) is 71.9 Å². The number of likely N-dealkylation sites (N-methyl/N-ethyl adjacent to an activating group) is 1. The smallest absolute Gasteiger partial charge is 0.318 e. The molecule has 24 heavy (non-hydrogen) atoms. The quantitative estimate of drug-likeness (QED) is 0.829. The van der Waals surface area contributed by atoms with Crippen molar-refractivity contribution in [3.05, 3.63) is 41.8 Å². The van der Waals surface area contributed by atoms with E-state index in [4.69, 9.17) is 4.42 Å². The maximum Gasteiger partial charge on any atom is 0.318 e. The van der Waals surface area contributed by atoms with Crippen LogP contribution < -0.4 is 4.90 Å². The molecule has 0 atom stereocenters. The second-order valence-electron chi connectivity index (χ2n) is 6.67. The van der Waals surface area contributed by atoms with Gasteiger partial charge in [-0.15, -0.1) is 5.10 Å². The number of aromatic nitrogens is 2. The summed E-state index contributed by atoms with van der Waals surface area (Å²) in [6, 6.07) is 11.6. The van der Waals surface area contributed by atoms with Gasteiger partial charge in [0.15, 0.2) is 0 Å². The molecule has 1 aromatic carbocycles. The second-order valence-corrected chi connectivity index (χ2v) is 6.67. The van der Waals surface area contributed by atoms with Crippen LogP contribution in [0.2, 0.25) is 0 Å². The monoisotopic (exact) mass is 327 g/mol. The fourth-order valence-electron chi connectivity index (χ4n) is 3.50. The normalized spacial score (nSPS) is 20.3. The van der Waals surface area contributed by atoms with E-state index in [-0.39, 0.29) is 0 Å². The fourth-order valence-corrected chi connectivity index (χ4v) is 3.50. The summed E-state index contributed by atoms with van der Waals surface area (Å²) in [6.45, 7) is 10.1. The molecule has 0 saturated carbocycles. The van der Waals surface area contributed by atoms with Crippen molar-refractivity contribution in [1.82, 2.24) is 20.0 Å². The molecule has 2 aliphatic heterocycles. The average molecular weight is 327 g/mol. The highest BCUT2D eigenvalue weighted by molar-refractivity contribution is 5.31. The molecule has 2 saturated heterocycles. The maximum absolute atomic E-state index is 5.84. The van der Waals surface area contributed by atoms with Crippen molar-refractivity contribution < 1.29 is 4.42 Å². The van der Waals surface area contributed by atoms with Gasteiger partial charge in [0.25, 0.3) is 0 Å². The van der Waals surface area contributed by atoms with Gasteiger partial charge >= 0.3 is 6.01 Å². The summed E-state index contributed by atoms with van der Waals surface area (Å²) in [5.41, 5.74) is 1.20. The molecule has 4 rings (SSSR count). The van der Waals surface area contributed by atoms with E-state index in [1.165, 1.54) is 31.7 Å². The van der Waals surface area contributed by atoms with Gasteiger partial charge in [0.05, 0.1) is 6.42 Å². The summed E-state index contributed by atoms with van der Waals surface area (Å²) in [6.07, 6.45) is 0.698. The summed E-state index contributed by atoms with van der Waals surface area (Å²) in [5, 5.41) is 8.42. The largest absolute Gasteiger partial charge is 0.408 e. The summed E-state index contributed by atoms with van der Waals surface area (Å²) < 4.78 is 5.84. The van der Waals surface area contributed by atoms with Crippen molar-refractivity contribution in [2.45, 2.75) is 19.4 Å². The van der Waals surface area contributed by atoms with Gasteiger partial charge in [-0.1, -0.05) is 42.4 Å². The third kappa shape index (κ3) is 3.30. The molecule has 1 aromatic heterocycles. The molecule has 0 unspecified atom stereocenters. The number of hydrogen-bond acceptors (Lipinski definition) is 6. The van der Waals surface area contributed by atoms with E-state index in [0.717, 1.165) is 19.6 Å². The van der Waals surface area contributed by atoms with E-state index in [1.807, 2.05) is 18.2 Å². The van der Waals surface area contributed by atoms with Crippen LogP contribution in [0.3, 0.4) is 0 Å². The highest BCUT2D eigenvalue weighted by Gasteiger charge is 2.35. The molecule has 2 aliphatic rings. The Balaban J connectivity index is 1.28. The zero-order chi connectivity index (χ0) is 16.4. The molecule has 0 radical (unpaired) electrons. The maximum atomic E-state index is 5.84. The van der Waals surface area contributed by atoms with E-state index in [9.17, 15) is 0 Å². The lowest BCUT2D eigenvalue weighted by atomic mass is 10.1. The summed E-state index contributed by atoms with van der Waals surface area (Å²) in [5.74, 6) is 0.691. The average Bonchev–Trinajstić information content (AvgIpc) is 3.03. The van der Waals surface area contributed by atoms with Crippen molar-refractivity contribution >= 4 is 6.01 Å². The van der Waals surface area contributed by atoms with Crippen LogP contribution in [0.5, 0.6) is 0 Å². The zero-order valence-corrected chi connectivity index (χ0v) is 14.3. The van der Waals surface area contributed by atoms with E-state index >= 15 is 0 Å². The Labute approximate surface area is 143 Å². The molecule has 0 amide bonds. The van der Waals surface area contributed by atoms with Gasteiger partial charge in [0.2, 0.25) is 5.89 Å². The molecular weight excluding hydrogens is 302 g/mol. The standard InChI is InChI=1S/C18H25N5O/c1-2-21-8-10-22(11-9-21)16-13-23(14-16)18-20-19-17(24-18)12-15-6-4-3-5-7-15/h3-7,16H,2,8-14H2,1H3. The minimum atomic E-state index is 0.633. The predicted octanol–water partition coefficient (Wildman–Crippen LogP) is 1.49. The minimum absolute atomic E-state index is 0.633. The number of piperazine rings is 1. The van der Waals surface area contributed by atoms with Gasteiger partial charge in [0.1, 0.15) is 0 Å². The Morgan fingerprint density at radius 3 is 2.50 bits per heavy atom. The third-order valence-corrected chi connectivity index (χ3v) is 5.16. The number of rotatable bonds is 5. The number of hydrogen-bond donors (Lipinski definition) is 0. The van der Waals surface area contributed by atoms with Gasteiger partial charge in [-0.25, -0.2) is 0 Å². The molecule has 0 aliphatic carbocycles. The highest BCUT2D eigenvalue weighted by atomic mass is 16.4. The number of benzene rings is 1. The number of nitrogens with zero attached hydrogens (tertiary/aromatic N) is 5. The SMILES string of the molecule is CCN1CCN(C2CN(c3nnc(Cc4ccccc4)o3)C2)CC1. The molecule has 128 valence electrons. The Kier molecular flexibility index (Phi) is 4.49. The first kappa shape index (κ1) is 15.6. The molecule has 0 spiro atoms. The molecule has 2 fully saturated rings. The molecule has 0 bridgehead atoms. The molecular formula is C18H25N5O. The van der Waals surface area contributed by atoms with Crippen LogP contribution in [0.15, 0.2) is 34.7 Å². The van der Waals surface area contributed by atoms with Crippen molar-refractivity contribution in [3.8, 4) is 0 Å². The van der Waals surface area contributed by atoms with E-state index in [0.29, 0.717) is 24.4 Å². The molecule has 2 aromatic rings. The Morgan fingerprint density at radius 1 is 1.04 bits per heavy atom. The minimum Gasteiger partial charge on any atom is -0.408 e. The van der Waals surface area contributed by atoms with Crippen molar-refractivity contribution in [1.29, 1.82) is 0 Å². The Morgan fingerprint density at radius 2 is 1.79 bits per heavy atom. The van der Waals surface area contributed by atoms with Crippen LogP contribution in [0.25, 0.3) is 0 Å². The molecule has 3 heterocycles. The fraction of sp³-hybridized carbons (Fsp3) is 0.556. The van der Waals surface area contributed by atoms with E-state index in [1.54, 1.807) is 0 Å². The summed E-state index contributed by atoms with van der Waals surface area (Å²) in [7, 11) is 0. The highest BCUT2D eigenvalue weighted by Crippen LogP contribution is 2.24. The predicted molar refractivity (Wildman–Crippen MR) is 93.2 cm³/mol. The molecule has 6 nitrogen and oxygen atoms in total. The summed E-state index contributed by atoms with van der Waals surface area (Å²) >= 11 is 0.